The van der Waals surface area contributed by atoms with Crippen LogP contribution < -0.4 is 5.32 Å². The van der Waals surface area contributed by atoms with Crippen molar-refractivity contribution in [1.29, 1.82) is 0 Å². The molecule has 110 valence electrons. The van der Waals surface area contributed by atoms with Gasteiger partial charge in [0.25, 0.3) is 0 Å². The third-order valence-electron chi connectivity index (χ3n) is 2.98. The summed E-state index contributed by atoms with van der Waals surface area (Å²) in [5.41, 5.74) is -0.814. The first-order valence-electron chi connectivity index (χ1n) is 6.01. The zero-order chi connectivity index (χ0) is 14.8. The average Bonchev–Trinajstić information content (AvgIpc) is 2.85. The molecule has 1 fully saturated rings. The molecule has 1 saturated heterocycles. The minimum atomic E-state index is -4.41. The summed E-state index contributed by atoms with van der Waals surface area (Å²) >= 11 is 0. The first-order valence-corrected chi connectivity index (χ1v) is 6.01. The van der Waals surface area contributed by atoms with Crippen LogP contribution in [0.4, 0.5) is 19.0 Å². The molecule has 5 nitrogen and oxygen atoms in total. The van der Waals surface area contributed by atoms with Crippen LogP contribution >= 0.6 is 0 Å². The fourth-order valence-electron chi connectivity index (χ4n) is 1.92. The fraction of sp³-hybridized carbons (Fsp3) is 0.500. The van der Waals surface area contributed by atoms with Gasteiger partial charge in [0.1, 0.15) is 5.82 Å². The number of hydrogen-bond acceptors (Lipinski definition) is 4. The van der Waals surface area contributed by atoms with Crippen LogP contribution in [0, 0.1) is 0 Å². The molecule has 8 heteroatoms. The zero-order valence-electron chi connectivity index (χ0n) is 10.4. The third kappa shape index (κ3) is 3.60. The Morgan fingerprint density at radius 2 is 2.20 bits per heavy atom. The molecule has 0 aromatic carbocycles. The number of hydrogen-bond donors (Lipinski definition) is 2. The molecular formula is C12H13F3N2O3. The van der Waals surface area contributed by atoms with E-state index in [1.807, 2.05) is 0 Å². The normalized spacial score (nSPS) is 22.8. The van der Waals surface area contributed by atoms with Gasteiger partial charge < -0.3 is 15.2 Å². The lowest BCUT2D eigenvalue weighted by molar-refractivity contribution is -0.149. The van der Waals surface area contributed by atoms with Gasteiger partial charge >= 0.3 is 12.1 Å². The van der Waals surface area contributed by atoms with Crippen molar-refractivity contribution < 1.29 is 27.8 Å². The molecule has 2 unspecified atom stereocenters. The lowest BCUT2D eigenvalue weighted by Crippen LogP contribution is -2.24. The van der Waals surface area contributed by atoms with Gasteiger partial charge in [0.15, 0.2) is 6.10 Å². The summed E-state index contributed by atoms with van der Waals surface area (Å²) in [6.45, 7) is 0.308. The number of alkyl halides is 3. The standard InChI is InChI=1S/C12H13F3N2O3/c13-12(14,15)7-1-4-10(16-5-7)17-6-8-2-3-9(20-8)11(18)19/h1,4-5,8-9H,2-3,6H2,(H,16,17)(H,18,19). The summed E-state index contributed by atoms with van der Waals surface area (Å²) < 4.78 is 42.3. The van der Waals surface area contributed by atoms with E-state index in [1.54, 1.807) is 0 Å². The first-order chi connectivity index (χ1) is 9.36. The minimum absolute atomic E-state index is 0.278. The number of nitrogens with one attached hydrogen (secondary N) is 1. The molecule has 0 radical (unpaired) electrons. The maximum Gasteiger partial charge on any atom is 0.417 e. The number of aliphatic carboxylic acids is 1. The Morgan fingerprint density at radius 1 is 1.45 bits per heavy atom. The number of carboxylic acids is 1. The van der Waals surface area contributed by atoms with Gasteiger partial charge in [0.2, 0.25) is 0 Å². The summed E-state index contributed by atoms with van der Waals surface area (Å²) in [5, 5.41) is 11.6. The molecule has 0 saturated carbocycles. The van der Waals surface area contributed by atoms with Gasteiger partial charge in [-0.15, -0.1) is 0 Å². The molecule has 0 aliphatic carbocycles. The number of aromatic nitrogens is 1. The summed E-state index contributed by atoms with van der Waals surface area (Å²) in [7, 11) is 0. The van der Waals surface area contributed by atoms with Gasteiger partial charge in [-0.3, -0.25) is 0 Å². The fourth-order valence-corrected chi connectivity index (χ4v) is 1.92. The molecule has 1 aromatic heterocycles. The molecule has 1 aliphatic heterocycles. The second-order valence-corrected chi connectivity index (χ2v) is 4.47. The molecule has 0 spiro atoms. The number of halogens is 3. The highest BCUT2D eigenvalue weighted by Crippen LogP contribution is 2.29. The van der Waals surface area contributed by atoms with Crippen molar-refractivity contribution in [2.45, 2.75) is 31.2 Å². The van der Waals surface area contributed by atoms with Crippen LogP contribution in [0.25, 0.3) is 0 Å². The van der Waals surface area contributed by atoms with Crippen molar-refractivity contribution in [2.24, 2.45) is 0 Å². The minimum Gasteiger partial charge on any atom is -0.479 e. The lowest BCUT2D eigenvalue weighted by Gasteiger charge is -2.13. The van der Waals surface area contributed by atoms with E-state index in [4.69, 9.17) is 9.84 Å². The van der Waals surface area contributed by atoms with E-state index in [0.29, 0.717) is 25.2 Å². The SMILES string of the molecule is O=C(O)C1CCC(CNc2ccc(C(F)(F)F)cn2)O1. The predicted molar refractivity (Wildman–Crippen MR) is 63.3 cm³/mol. The van der Waals surface area contributed by atoms with E-state index in [0.717, 1.165) is 12.3 Å². The van der Waals surface area contributed by atoms with Crippen molar-refractivity contribution in [3.8, 4) is 0 Å². The Hall–Kier alpha value is -1.83. The van der Waals surface area contributed by atoms with Gasteiger partial charge in [0, 0.05) is 12.7 Å². The first kappa shape index (κ1) is 14.6. The van der Waals surface area contributed by atoms with E-state index in [1.165, 1.54) is 6.07 Å². The monoisotopic (exact) mass is 290 g/mol. The molecule has 0 bridgehead atoms. The van der Waals surface area contributed by atoms with Crippen molar-refractivity contribution in [3.05, 3.63) is 23.9 Å². The van der Waals surface area contributed by atoms with E-state index in [9.17, 15) is 18.0 Å². The smallest absolute Gasteiger partial charge is 0.417 e. The highest BCUT2D eigenvalue weighted by molar-refractivity contribution is 5.72. The van der Waals surface area contributed by atoms with Crippen LogP contribution in [-0.4, -0.2) is 34.8 Å². The second kappa shape index (κ2) is 5.66. The third-order valence-corrected chi connectivity index (χ3v) is 2.98. The van der Waals surface area contributed by atoms with E-state index in [2.05, 4.69) is 10.3 Å². The number of anilines is 1. The predicted octanol–water partition coefficient (Wildman–Crippen LogP) is 2.14. The van der Waals surface area contributed by atoms with Gasteiger partial charge in [-0.2, -0.15) is 13.2 Å². The molecule has 2 atom stereocenters. The van der Waals surface area contributed by atoms with Gasteiger partial charge in [-0.1, -0.05) is 0 Å². The average molecular weight is 290 g/mol. The maximum absolute atomic E-state index is 12.3. The highest BCUT2D eigenvalue weighted by Gasteiger charge is 2.31. The maximum atomic E-state index is 12.3. The van der Waals surface area contributed by atoms with Crippen LogP contribution in [0.1, 0.15) is 18.4 Å². The van der Waals surface area contributed by atoms with Crippen LogP contribution in [0.2, 0.25) is 0 Å². The number of nitrogens with zero attached hydrogens (tertiary/aromatic N) is 1. The molecule has 2 N–H and O–H groups in total. The number of rotatable bonds is 4. The molecule has 1 aromatic rings. The van der Waals surface area contributed by atoms with Crippen molar-refractivity contribution in [3.63, 3.8) is 0 Å². The Morgan fingerprint density at radius 3 is 2.70 bits per heavy atom. The van der Waals surface area contributed by atoms with Crippen LogP contribution in [0.15, 0.2) is 18.3 Å². The van der Waals surface area contributed by atoms with Gasteiger partial charge in [0.05, 0.1) is 11.7 Å². The summed E-state index contributed by atoms with van der Waals surface area (Å²) in [6.07, 6.45) is -3.72. The van der Waals surface area contributed by atoms with E-state index in [-0.39, 0.29) is 6.10 Å². The summed E-state index contributed by atoms with van der Waals surface area (Å²) in [5.74, 6) is -0.708. The second-order valence-electron chi connectivity index (χ2n) is 4.47. The highest BCUT2D eigenvalue weighted by atomic mass is 19.4. The van der Waals surface area contributed by atoms with Gasteiger partial charge in [-0.05, 0) is 25.0 Å². The van der Waals surface area contributed by atoms with Crippen LogP contribution in [0.3, 0.4) is 0 Å². The van der Waals surface area contributed by atoms with Crippen molar-refractivity contribution in [2.75, 3.05) is 11.9 Å². The quantitative estimate of drug-likeness (QED) is 0.889. The zero-order valence-corrected chi connectivity index (χ0v) is 10.4. The van der Waals surface area contributed by atoms with Crippen LogP contribution in [0.5, 0.6) is 0 Å². The number of carboxylic acid groups (broad SMARTS) is 1. The van der Waals surface area contributed by atoms with Crippen molar-refractivity contribution in [1.82, 2.24) is 4.98 Å². The Labute approximate surface area is 112 Å². The molecule has 2 rings (SSSR count). The van der Waals surface area contributed by atoms with Gasteiger partial charge in [-0.25, -0.2) is 9.78 Å². The Bertz CT molecular complexity index is 476. The summed E-state index contributed by atoms with van der Waals surface area (Å²) in [4.78, 5) is 14.3. The Balaban J connectivity index is 1.85. The molecule has 2 heterocycles. The molecule has 1 aliphatic rings. The number of carbonyl (C=O) groups is 1. The molecule has 20 heavy (non-hydrogen) atoms. The van der Waals surface area contributed by atoms with Crippen molar-refractivity contribution >= 4 is 11.8 Å². The Kier molecular flexibility index (Phi) is 4.12. The largest absolute Gasteiger partial charge is 0.479 e. The topological polar surface area (TPSA) is 71.5 Å². The summed E-state index contributed by atoms with van der Waals surface area (Å²) in [6, 6.07) is 2.16. The number of pyridine rings is 1. The van der Waals surface area contributed by atoms with Crippen LogP contribution in [-0.2, 0) is 15.7 Å². The van der Waals surface area contributed by atoms with E-state index < -0.39 is 23.8 Å². The molecular weight excluding hydrogens is 277 g/mol. The molecule has 0 amide bonds. The lowest BCUT2D eigenvalue weighted by atomic mass is 10.2. The van der Waals surface area contributed by atoms with E-state index >= 15 is 0 Å². The number of ether oxygens (including phenoxy) is 1.